The van der Waals surface area contributed by atoms with Gasteiger partial charge >= 0.3 is 11.6 Å². The van der Waals surface area contributed by atoms with Crippen molar-refractivity contribution >= 4 is 48.8 Å². The molecule has 0 aliphatic carbocycles. The largest absolute Gasteiger partial charge is 0.423 e. The van der Waals surface area contributed by atoms with Gasteiger partial charge in [-0.2, -0.15) is 0 Å². The van der Waals surface area contributed by atoms with Crippen molar-refractivity contribution in [2.45, 2.75) is 13.8 Å². The molecule has 0 amide bonds. The number of carbonyl (C=O) groups is 1. The molecule has 2 aromatic carbocycles. The topological polar surface area (TPSA) is 56.5 Å². The quantitative estimate of drug-likeness (QED) is 0.307. The van der Waals surface area contributed by atoms with Crippen LogP contribution in [0, 0.1) is 13.8 Å². The highest BCUT2D eigenvalue weighted by molar-refractivity contribution is 9.11. The zero-order valence-electron chi connectivity index (χ0n) is 12.9. The zero-order valence-corrected chi connectivity index (χ0v) is 16.0. The Morgan fingerprint density at radius 3 is 2.33 bits per heavy atom. The monoisotopic (exact) mass is 450 g/mol. The average Bonchev–Trinajstić information content (AvgIpc) is 2.46. The van der Waals surface area contributed by atoms with E-state index in [-0.39, 0.29) is 5.56 Å². The Morgan fingerprint density at radius 2 is 1.67 bits per heavy atom. The molecule has 122 valence electrons. The molecule has 0 aliphatic heterocycles. The Morgan fingerprint density at radius 1 is 1.00 bits per heavy atom. The molecule has 0 saturated carbocycles. The van der Waals surface area contributed by atoms with Gasteiger partial charge in [-0.1, -0.05) is 22.0 Å². The number of aryl methyl sites for hydroxylation is 2. The molecular formula is C18H12Br2O4. The smallest absolute Gasteiger partial charge is 0.351 e. The summed E-state index contributed by atoms with van der Waals surface area (Å²) in [5, 5.41) is 0.614. The van der Waals surface area contributed by atoms with Gasteiger partial charge in [-0.15, -0.1) is 0 Å². The second kappa shape index (κ2) is 6.53. The molecule has 0 saturated heterocycles. The summed E-state index contributed by atoms with van der Waals surface area (Å²) in [4.78, 5) is 24.5. The molecule has 0 bridgehead atoms. The first-order valence-corrected chi connectivity index (χ1v) is 8.65. The molecule has 4 nitrogen and oxygen atoms in total. The standard InChI is InChI=1S/C18H12Br2O4/c1-9-3-10(2)5-13(4-9)23-17(21)14-7-11-6-12(19)8-15(20)16(11)24-18(14)22/h3-8H,1-2H3. The first-order valence-electron chi connectivity index (χ1n) is 7.07. The van der Waals surface area contributed by atoms with Gasteiger partial charge < -0.3 is 9.15 Å². The number of carbonyl (C=O) groups excluding carboxylic acids is 1. The average molecular weight is 452 g/mol. The van der Waals surface area contributed by atoms with Crippen molar-refractivity contribution in [3.05, 3.63) is 72.5 Å². The van der Waals surface area contributed by atoms with Gasteiger partial charge in [0, 0.05) is 9.86 Å². The normalized spacial score (nSPS) is 10.8. The van der Waals surface area contributed by atoms with Crippen LogP contribution in [0.25, 0.3) is 11.0 Å². The molecule has 6 heteroatoms. The van der Waals surface area contributed by atoms with Crippen LogP contribution in [0.4, 0.5) is 0 Å². The lowest BCUT2D eigenvalue weighted by atomic mass is 10.1. The van der Waals surface area contributed by atoms with Crippen LogP contribution in [0.2, 0.25) is 0 Å². The summed E-state index contributed by atoms with van der Waals surface area (Å²) in [5.74, 6) is -0.348. The van der Waals surface area contributed by atoms with E-state index >= 15 is 0 Å². The van der Waals surface area contributed by atoms with Crippen LogP contribution in [0.3, 0.4) is 0 Å². The van der Waals surface area contributed by atoms with E-state index < -0.39 is 11.6 Å². The van der Waals surface area contributed by atoms with E-state index in [1.165, 1.54) is 6.07 Å². The molecule has 0 radical (unpaired) electrons. The Kier molecular flexibility index (Phi) is 4.60. The van der Waals surface area contributed by atoms with Crippen LogP contribution in [0.1, 0.15) is 21.5 Å². The van der Waals surface area contributed by atoms with E-state index in [2.05, 4.69) is 31.9 Å². The molecule has 0 unspecified atom stereocenters. The number of ether oxygens (including phenoxy) is 1. The molecule has 0 atom stereocenters. The van der Waals surface area contributed by atoms with Gasteiger partial charge in [0.25, 0.3) is 0 Å². The summed E-state index contributed by atoms with van der Waals surface area (Å²) in [7, 11) is 0. The summed E-state index contributed by atoms with van der Waals surface area (Å²) in [6.07, 6.45) is 0. The maximum atomic E-state index is 12.4. The highest BCUT2D eigenvalue weighted by Crippen LogP contribution is 2.28. The van der Waals surface area contributed by atoms with Crippen molar-refractivity contribution in [3.63, 3.8) is 0 Å². The zero-order chi connectivity index (χ0) is 17.4. The van der Waals surface area contributed by atoms with Crippen molar-refractivity contribution in [3.8, 4) is 5.75 Å². The lowest BCUT2D eigenvalue weighted by Gasteiger charge is -2.07. The number of halogens is 2. The second-order valence-corrected chi connectivity index (χ2v) is 7.24. The van der Waals surface area contributed by atoms with E-state index in [9.17, 15) is 9.59 Å². The molecule has 0 spiro atoms. The molecule has 1 aromatic heterocycles. The van der Waals surface area contributed by atoms with Crippen LogP contribution in [-0.2, 0) is 0 Å². The molecule has 1 heterocycles. The minimum absolute atomic E-state index is 0.147. The Bertz CT molecular complexity index is 1000. The van der Waals surface area contributed by atoms with Crippen molar-refractivity contribution in [1.29, 1.82) is 0 Å². The molecule has 0 fully saturated rings. The Balaban J connectivity index is 2.03. The van der Waals surface area contributed by atoms with Crippen molar-refractivity contribution in [1.82, 2.24) is 0 Å². The van der Waals surface area contributed by atoms with Gasteiger partial charge in [0.1, 0.15) is 11.3 Å². The summed E-state index contributed by atoms with van der Waals surface area (Å²) in [6, 6.07) is 10.4. The summed E-state index contributed by atoms with van der Waals surface area (Å²) in [5.41, 5.74) is 1.44. The first kappa shape index (κ1) is 16.9. The van der Waals surface area contributed by atoms with Gasteiger partial charge in [-0.05, 0) is 71.2 Å². The van der Waals surface area contributed by atoms with Crippen LogP contribution in [0.5, 0.6) is 5.75 Å². The summed E-state index contributed by atoms with van der Waals surface area (Å²) < 4.78 is 12.0. The fourth-order valence-corrected chi connectivity index (χ4v) is 3.79. The third kappa shape index (κ3) is 3.44. The van der Waals surface area contributed by atoms with Crippen LogP contribution in [0.15, 0.2) is 54.6 Å². The van der Waals surface area contributed by atoms with E-state index in [0.717, 1.165) is 15.6 Å². The Labute approximate surface area is 154 Å². The van der Waals surface area contributed by atoms with Gasteiger partial charge in [0.05, 0.1) is 4.47 Å². The predicted octanol–water partition coefficient (Wildman–Crippen LogP) is 5.15. The van der Waals surface area contributed by atoms with Crippen molar-refractivity contribution in [2.75, 3.05) is 0 Å². The van der Waals surface area contributed by atoms with E-state index in [1.807, 2.05) is 19.9 Å². The first-order chi connectivity index (χ1) is 11.3. The molecule has 24 heavy (non-hydrogen) atoms. The predicted molar refractivity (Wildman–Crippen MR) is 98.8 cm³/mol. The number of hydrogen-bond acceptors (Lipinski definition) is 4. The minimum Gasteiger partial charge on any atom is -0.423 e. The van der Waals surface area contributed by atoms with Gasteiger partial charge in [0.15, 0.2) is 5.58 Å². The number of hydrogen-bond donors (Lipinski definition) is 0. The number of esters is 1. The van der Waals surface area contributed by atoms with Crippen LogP contribution >= 0.6 is 31.9 Å². The van der Waals surface area contributed by atoms with E-state index in [0.29, 0.717) is 21.2 Å². The number of fused-ring (bicyclic) bond motifs is 1. The fourth-order valence-electron chi connectivity index (χ4n) is 2.45. The maximum Gasteiger partial charge on any atom is 0.351 e. The van der Waals surface area contributed by atoms with E-state index in [1.54, 1.807) is 24.3 Å². The van der Waals surface area contributed by atoms with Crippen molar-refractivity contribution in [2.24, 2.45) is 0 Å². The third-order valence-electron chi connectivity index (χ3n) is 3.38. The molecule has 3 aromatic rings. The highest BCUT2D eigenvalue weighted by atomic mass is 79.9. The van der Waals surface area contributed by atoms with Gasteiger partial charge in [0.2, 0.25) is 0 Å². The lowest BCUT2D eigenvalue weighted by molar-refractivity contribution is 0.0730. The van der Waals surface area contributed by atoms with Gasteiger partial charge in [-0.3, -0.25) is 0 Å². The molecule has 3 rings (SSSR count). The van der Waals surface area contributed by atoms with Crippen molar-refractivity contribution < 1.29 is 13.9 Å². The van der Waals surface area contributed by atoms with Crippen LogP contribution in [-0.4, -0.2) is 5.97 Å². The Hall–Kier alpha value is -1.92. The maximum absolute atomic E-state index is 12.4. The van der Waals surface area contributed by atoms with Crippen LogP contribution < -0.4 is 10.4 Å². The lowest BCUT2D eigenvalue weighted by Crippen LogP contribution is -2.18. The molecule has 0 aliphatic rings. The second-order valence-electron chi connectivity index (χ2n) is 5.47. The number of benzene rings is 2. The minimum atomic E-state index is -0.744. The summed E-state index contributed by atoms with van der Waals surface area (Å²) >= 11 is 6.70. The molecular weight excluding hydrogens is 440 g/mol. The highest BCUT2D eigenvalue weighted by Gasteiger charge is 2.17. The van der Waals surface area contributed by atoms with Gasteiger partial charge in [-0.25, -0.2) is 9.59 Å². The van der Waals surface area contributed by atoms with E-state index in [4.69, 9.17) is 9.15 Å². The summed E-state index contributed by atoms with van der Waals surface area (Å²) in [6.45, 7) is 3.81. The SMILES string of the molecule is Cc1cc(C)cc(OC(=O)c2cc3cc(Br)cc(Br)c3oc2=O)c1. The number of rotatable bonds is 2. The third-order valence-corrected chi connectivity index (χ3v) is 4.42. The fraction of sp³-hybridized carbons (Fsp3) is 0.111. The molecule has 0 N–H and O–H groups in total.